The SMILES string of the molecule is [N-]=[N+]=Nc1c(C(=O)Nc2ccccc2)cccc1C(F)(F)F. The van der Waals surface area contributed by atoms with Crippen LogP contribution < -0.4 is 5.32 Å². The number of carbonyl (C=O) groups is 1. The topological polar surface area (TPSA) is 77.9 Å². The van der Waals surface area contributed by atoms with Crippen LogP contribution in [0.5, 0.6) is 0 Å². The minimum Gasteiger partial charge on any atom is -0.322 e. The molecule has 0 unspecified atom stereocenters. The number of carbonyl (C=O) groups excluding carboxylic acids is 1. The van der Waals surface area contributed by atoms with Gasteiger partial charge in [-0.05, 0) is 29.8 Å². The average molecular weight is 306 g/mol. The van der Waals surface area contributed by atoms with Crippen LogP contribution in [0.25, 0.3) is 10.4 Å². The number of para-hydroxylation sites is 1. The van der Waals surface area contributed by atoms with Gasteiger partial charge in [-0.25, -0.2) is 0 Å². The quantitative estimate of drug-likeness (QED) is 0.488. The van der Waals surface area contributed by atoms with E-state index in [1.807, 2.05) is 0 Å². The molecule has 0 aliphatic heterocycles. The number of nitrogens with zero attached hydrogens (tertiary/aromatic N) is 3. The third-order valence-corrected chi connectivity index (χ3v) is 2.76. The lowest BCUT2D eigenvalue weighted by Gasteiger charge is -2.13. The fourth-order valence-corrected chi connectivity index (χ4v) is 1.83. The fourth-order valence-electron chi connectivity index (χ4n) is 1.83. The summed E-state index contributed by atoms with van der Waals surface area (Å²) in [7, 11) is 0. The first-order chi connectivity index (χ1) is 10.4. The standard InChI is InChI=1S/C14H9F3N4O/c15-14(16,17)11-8-4-7-10(12(11)20-21-18)13(22)19-9-5-2-1-3-6-9/h1-8H,(H,19,22). The molecule has 0 bridgehead atoms. The van der Waals surface area contributed by atoms with Crippen LogP contribution >= 0.6 is 0 Å². The molecule has 5 nitrogen and oxygen atoms in total. The van der Waals surface area contributed by atoms with Gasteiger partial charge in [0.2, 0.25) is 0 Å². The average Bonchev–Trinajstić information content (AvgIpc) is 2.47. The number of rotatable bonds is 3. The molecule has 0 spiro atoms. The van der Waals surface area contributed by atoms with Crippen LogP contribution in [-0.2, 0) is 6.18 Å². The summed E-state index contributed by atoms with van der Waals surface area (Å²) in [5.74, 6) is -0.792. The Kier molecular flexibility index (Phi) is 4.33. The van der Waals surface area contributed by atoms with Crippen LogP contribution in [0.15, 0.2) is 53.6 Å². The van der Waals surface area contributed by atoms with Crippen LogP contribution in [0, 0.1) is 0 Å². The van der Waals surface area contributed by atoms with Gasteiger partial charge in [0.05, 0.1) is 11.3 Å². The van der Waals surface area contributed by atoms with Crippen LogP contribution in [0.4, 0.5) is 24.5 Å². The van der Waals surface area contributed by atoms with E-state index < -0.39 is 23.3 Å². The highest BCUT2D eigenvalue weighted by Gasteiger charge is 2.34. The number of nitrogens with one attached hydrogen (secondary N) is 1. The first kappa shape index (κ1) is 15.4. The summed E-state index contributed by atoms with van der Waals surface area (Å²) in [6.45, 7) is 0. The van der Waals surface area contributed by atoms with Gasteiger partial charge in [0.1, 0.15) is 0 Å². The maximum absolute atomic E-state index is 12.9. The number of halogens is 3. The molecule has 0 aliphatic rings. The lowest BCUT2D eigenvalue weighted by molar-refractivity contribution is -0.137. The summed E-state index contributed by atoms with van der Waals surface area (Å²) >= 11 is 0. The molecule has 0 saturated carbocycles. The van der Waals surface area contributed by atoms with E-state index in [-0.39, 0.29) is 5.56 Å². The molecule has 2 aromatic carbocycles. The predicted octanol–water partition coefficient (Wildman–Crippen LogP) is 4.90. The van der Waals surface area contributed by atoms with Gasteiger partial charge in [0, 0.05) is 16.2 Å². The summed E-state index contributed by atoms with van der Waals surface area (Å²) < 4.78 is 38.8. The van der Waals surface area contributed by atoms with Crippen molar-refractivity contribution < 1.29 is 18.0 Å². The van der Waals surface area contributed by atoms with Crippen LogP contribution in [0.1, 0.15) is 15.9 Å². The van der Waals surface area contributed by atoms with Crippen molar-refractivity contribution in [3.8, 4) is 0 Å². The molecule has 0 fully saturated rings. The second kappa shape index (κ2) is 6.19. The van der Waals surface area contributed by atoms with E-state index in [0.717, 1.165) is 18.2 Å². The number of benzene rings is 2. The molecule has 0 aromatic heterocycles. The molecule has 2 rings (SSSR count). The van der Waals surface area contributed by atoms with Crippen molar-refractivity contribution in [1.82, 2.24) is 0 Å². The number of azide groups is 1. The third kappa shape index (κ3) is 3.36. The Labute approximate surface area is 123 Å². The molecule has 22 heavy (non-hydrogen) atoms. The highest BCUT2D eigenvalue weighted by molar-refractivity contribution is 6.08. The molecule has 8 heteroatoms. The van der Waals surface area contributed by atoms with E-state index >= 15 is 0 Å². The summed E-state index contributed by atoms with van der Waals surface area (Å²) in [5, 5.41) is 5.48. The van der Waals surface area contributed by atoms with Gasteiger partial charge >= 0.3 is 6.18 Å². The maximum Gasteiger partial charge on any atom is 0.416 e. The van der Waals surface area contributed by atoms with E-state index in [2.05, 4.69) is 15.3 Å². The largest absolute Gasteiger partial charge is 0.416 e. The van der Waals surface area contributed by atoms with Crippen molar-refractivity contribution in [1.29, 1.82) is 0 Å². The van der Waals surface area contributed by atoms with Crippen molar-refractivity contribution in [2.45, 2.75) is 6.18 Å². The Bertz CT molecular complexity index is 737. The highest BCUT2D eigenvalue weighted by Crippen LogP contribution is 2.38. The van der Waals surface area contributed by atoms with Crippen LogP contribution in [0.3, 0.4) is 0 Å². The first-order valence-corrected chi connectivity index (χ1v) is 6.05. The Morgan fingerprint density at radius 2 is 1.77 bits per heavy atom. The molecule has 112 valence electrons. The van der Waals surface area contributed by atoms with Crippen molar-refractivity contribution in [3.05, 3.63) is 70.1 Å². The number of hydrogen-bond donors (Lipinski definition) is 1. The van der Waals surface area contributed by atoms with E-state index in [0.29, 0.717) is 5.69 Å². The zero-order valence-electron chi connectivity index (χ0n) is 11.0. The van der Waals surface area contributed by atoms with E-state index in [1.165, 1.54) is 0 Å². The van der Waals surface area contributed by atoms with Gasteiger partial charge in [-0.1, -0.05) is 29.4 Å². The van der Waals surface area contributed by atoms with Gasteiger partial charge in [-0.15, -0.1) is 0 Å². The summed E-state index contributed by atoms with van der Waals surface area (Å²) in [4.78, 5) is 14.5. The van der Waals surface area contributed by atoms with E-state index in [9.17, 15) is 18.0 Å². The summed E-state index contributed by atoms with van der Waals surface area (Å²) in [5.41, 5.74) is 6.62. The van der Waals surface area contributed by atoms with Gasteiger partial charge < -0.3 is 5.32 Å². The minimum atomic E-state index is -4.73. The number of hydrogen-bond acceptors (Lipinski definition) is 2. The molecule has 2 aromatic rings. The predicted molar refractivity (Wildman–Crippen MR) is 74.6 cm³/mol. The molecule has 0 radical (unpaired) electrons. The Balaban J connectivity index is 2.46. The highest BCUT2D eigenvalue weighted by atomic mass is 19.4. The molecule has 1 N–H and O–H groups in total. The van der Waals surface area contributed by atoms with Gasteiger partial charge in [0.15, 0.2) is 0 Å². The zero-order valence-corrected chi connectivity index (χ0v) is 11.0. The van der Waals surface area contributed by atoms with Crippen molar-refractivity contribution in [2.75, 3.05) is 5.32 Å². The second-order valence-electron chi connectivity index (χ2n) is 4.21. The second-order valence-corrected chi connectivity index (χ2v) is 4.21. The lowest BCUT2D eigenvalue weighted by Crippen LogP contribution is -2.14. The van der Waals surface area contributed by atoms with Crippen molar-refractivity contribution in [3.63, 3.8) is 0 Å². The fraction of sp³-hybridized carbons (Fsp3) is 0.0714. The van der Waals surface area contributed by atoms with Gasteiger partial charge in [-0.3, -0.25) is 4.79 Å². The number of anilines is 1. The lowest BCUT2D eigenvalue weighted by atomic mass is 10.1. The molecular formula is C14H9F3N4O. The first-order valence-electron chi connectivity index (χ1n) is 6.05. The maximum atomic E-state index is 12.9. The number of alkyl halides is 3. The third-order valence-electron chi connectivity index (χ3n) is 2.76. The Hall–Kier alpha value is -2.99. The Morgan fingerprint density at radius 3 is 2.36 bits per heavy atom. The van der Waals surface area contributed by atoms with Gasteiger partial charge in [0.25, 0.3) is 5.91 Å². The monoisotopic (exact) mass is 306 g/mol. The summed E-state index contributed by atoms with van der Waals surface area (Å²) in [6.07, 6.45) is -4.73. The normalized spacial score (nSPS) is 10.7. The molecule has 1 amide bonds. The van der Waals surface area contributed by atoms with Gasteiger partial charge in [-0.2, -0.15) is 13.2 Å². The van der Waals surface area contributed by atoms with Crippen molar-refractivity contribution in [2.24, 2.45) is 5.11 Å². The van der Waals surface area contributed by atoms with Crippen LogP contribution in [-0.4, -0.2) is 5.91 Å². The Morgan fingerprint density at radius 1 is 1.09 bits per heavy atom. The summed E-state index contributed by atoms with van der Waals surface area (Å²) in [6, 6.07) is 11.2. The van der Waals surface area contributed by atoms with E-state index in [1.54, 1.807) is 30.3 Å². The molecule has 0 atom stereocenters. The molecule has 0 saturated heterocycles. The van der Waals surface area contributed by atoms with E-state index in [4.69, 9.17) is 5.53 Å². The molecular weight excluding hydrogens is 297 g/mol. The molecule has 0 heterocycles. The number of amides is 1. The smallest absolute Gasteiger partial charge is 0.322 e. The van der Waals surface area contributed by atoms with Crippen molar-refractivity contribution >= 4 is 17.3 Å². The molecule has 0 aliphatic carbocycles. The van der Waals surface area contributed by atoms with Crippen LogP contribution in [0.2, 0.25) is 0 Å². The minimum absolute atomic E-state index is 0.350. The zero-order chi connectivity index (χ0) is 16.2.